The lowest BCUT2D eigenvalue weighted by atomic mass is 10.2. The van der Waals surface area contributed by atoms with Crippen molar-refractivity contribution in [3.05, 3.63) is 71.1 Å². The first kappa shape index (κ1) is 17.6. The van der Waals surface area contributed by atoms with Crippen molar-refractivity contribution in [2.24, 2.45) is 0 Å². The molecule has 0 spiro atoms. The SMILES string of the molecule is CSc1ccc(CN(C)C(=O)/C=C/c2c(Cl)nc3ccccn23)cc1. The summed E-state index contributed by atoms with van der Waals surface area (Å²) < 4.78 is 1.85. The minimum absolute atomic E-state index is 0.0871. The normalized spacial score (nSPS) is 11.3. The molecule has 3 rings (SSSR count). The summed E-state index contributed by atoms with van der Waals surface area (Å²) in [6.07, 6.45) is 7.15. The van der Waals surface area contributed by atoms with Crippen molar-refractivity contribution in [1.82, 2.24) is 14.3 Å². The standard InChI is InChI=1S/C19H18ClN3OS/c1-22(13-14-6-8-15(25-2)9-7-14)18(24)11-10-16-19(20)21-17-5-3-4-12-23(16)17/h3-12H,13H2,1-2H3/b11-10+. The Kier molecular flexibility index (Phi) is 5.46. The Morgan fingerprint density at radius 1 is 1.28 bits per heavy atom. The van der Waals surface area contributed by atoms with Gasteiger partial charge in [0, 0.05) is 30.8 Å². The molecule has 0 saturated heterocycles. The lowest BCUT2D eigenvalue weighted by Crippen LogP contribution is -2.24. The molecule has 128 valence electrons. The molecule has 0 bridgehead atoms. The van der Waals surface area contributed by atoms with Crippen LogP contribution in [0.4, 0.5) is 0 Å². The predicted octanol–water partition coefficient (Wildman–Crippen LogP) is 4.38. The number of hydrogen-bond acceptors (Lipinski definition) is 3. The average Bonchev–Trinajstić information content (AvgIpc) is 2.95. The summed E-state index contributed by atoms with van der Waals surface area (Å²) in [7, 11) is 1.78. The van der Waals surface area contributed by atoms with Gasteiger partial charge in [-0.2, -0.15) is 0 Å². The third kappa shape index (κ3) is 4.06. The van der Waals surface area contributed by atoms with E-state index in [1.54, 1.807) is 29.8 Å². The van der Waals surface area contributed by atoms with Gasteiger partial charge in [0.15, 0.2) is 5.15 Å². The zero-order chi connectivity index (χ0) is 17.8. The van der Waals surface area contributed by atoms with Crippen molar-refractivity contribution in [3.8, 4) is 0 Å². The van der Waals surface area contributed by atoms with Gasteiger partial charge in [-0.15, -0.1) is 11.8 Å². The van der Waals surface area contributed by atoms with Crippen LogP contribution in [0.3, 0.4) is 0 Å². The van der Waals surface area contributed by atoms with Crippen molar-refractivity contribution in [2.45, 2.75) is 11.4 Å². The molecule has 0 radical (unpaired) electrons. The average molecular weight is 372 g/mol. The minimum Gasteiger partial charge on any atom is -0.338 e. The van der Waals surface area contributed by atoms with E-state index in [0.29, 0.717) is 17.4 Å². The van der Waals surface area contributed by atoms with Gasteiger partial charge in [0.1, 0.15) is 5.65 Å². The molecule has 2 heterocycles. The zero-order valence-electron chi connectivity index (χ0n) is 14.0. The topological polar surface area (TPSA) is 37.6 Å². The van der Waals surface area contributed by atoms with Crippen molar-refractivity contribution < 1.29 is 4.79 Å². The van der Waals surface area contributed by atoms with Gasteiger partial charge in [-0.25, -0.2) is 4.98 Å². The van der Waals surface area contributed by atoms with Crippen LogP contribution in [-0.2, 0) is 11.3 Å². The summed E-state index contributed by atoms with van der Waals surface area (Å²) in [6, 6.07) is 13.9. The summed E-state index contributed by atoms with van der Waals surface area (Å²) >= 11 is 7.88. The fourth-order valence-corrected chi connectivity index (χ4v) is 3.14. The molecule has 25 heavy (non-hydrogen) atoms. The quantitative estimate of drug-likeness (QED) is 0.493. The van der Waals surface area contributed by atoms with Crippen LogP contribution in [0.1, 0.15) is 11.3 Å². The predicted molar refractivity (Wildman–Crippen MR) is 104 cm³/mol. The molecule has 0 unspecified atom stereocenters. The highest BCUT2D eigenvalue weighted by Gasteiger charge is 2.09. The Bertz CT molecular complexity index is 918. The van der Waals surface area contributed by atoms with Crippen LogP contribution in [0.15, 0.2) is 59.6 Å². The number of pyridine rings is 1. The summed E-state index contributed by atoms with van der Waals surface area (Å²) in [4.78, 5) is 19.5. The van der Waals surface area contributed by atoms with Gasteiger partial charge in [0.25, 0.3) is 0 Å². The molecule has 0 fully saturated rings. The molecule has 0 saturated carbocycles. The molecule has 3 aromatic rings. The van der Waals surface area contributed by atoms with E-state index >= 15 is 0 Å². The minimum atomic E-state index is -0.0871. The molecule has 1 aromatic carbocycles. The van der Waals surface area contributed by atoms with Crippen LogP contribution < -0.4 is 0 Å². The number of fused-ring (bicyclic) bond motifs is 1. The summed E-state index contributed by atoms with van der Waals surface area (Å²) in [5.74, 6) is -0.0871. The number of nitrogens with zero attached hydrogens (tertiary/aromatic N) is 3. The van der Waals surface area contributed by atoms with E-state index in [2.05, 4.69) is 17.1 Å². The monoisotopic (exact) mass is 371 g/mol. The van der Waals surface area contributed by atoms with Gasteiger partial charge >= 0.3 is 0 Å². The van der Waals surface area contributed by atoms with Crippen molar-refractivity contribution in [2.75, 3.05) is 13.3 Å². The van der Waals surface area contributed by atoms with Crippen molar-refractivity contribution in [3.63, 3.8) is 0 Å². The first-order chi connectivity index (χ1) is 12.1. The number of amides is 1. The molecule has 0 aliphatic rings. The smallest absolute Gasteiger partial charge is 0.246 e. The lowest BCUT2D eigenvalue weighted by Gasteiger charge is -2.15. The number of likely N-dealkylation sites (N-methyl/N-ethyl adjacent to an activating group) is 1. The maximum Gasteiger partial charge on any atom is 0.246 e. The van der Waals surface area contributed by atoms with Crippen LogP contribution in [0.25, 0.3) is 11.7 Å². The van der Waals surface area contributed by atoms with E-state index in [4.69, 9.17) is 11.6 Å². The Morgan fingerprint density at radius 2 is 2.04 bits per heavy atom. The fraction of sp³-hybridized carbons (Fsp3) is 0.158. The second-order valence-corrected chi connectivity index (χ2v) is 6.83. The summed E-state index contributed by atoms with van der Waals surface area (Å²) in [5, 5.41) is 0.380. The number of hydrogen-bond donors (Lipinski definition) is 0. The molecular weight excluding hydrogens is 354 g/mol. The van der Waals surface area contributed by atoms with Crippen LogP contribution in [-0.4, -0.2) is 33.5 Å². The second-order valence-electron chi connectivity index (χ2n) is 5.59. The van der Waals surface area contributed by atoms with Gasteiger partial charge in [-0.05, 0) is 42.2 Å². The van der Waals surface area contributed by atoms with Gasteiger partial charge in [-0.1, -0.05) is 29.8 Å². The molecule has 0 aliphatic carbocycles. The van der Waals surface area contributed by atoms with E-state index in [-0.39, 0.29) is 5.91 Å². The van der Waals surface area contributed by atoms with Gasteiger partial charge in [-0.3, -0.25) is 9.20 Å². The molecule has 1 amide bonds. The molecule has 0 atom stereocenters. The van der Waals surface area contributed by atoms with Crippen LogP contribution in [0, 0.1) is 0 Å². The Labute approximate surface area is 156 Å². The second kappa shape index (κ2) is 7.76. The van der Waals surface area contributed by atoms with E-state index in [0.717, 1.165) is 11.2 Å². The summed E-state index contributed by atoms with van der Waals surface area (Å²) in [6.45, 7) is 0.554. The van der Waals surface area contributed by atoms with Gasteiger partial charge in [0.2, 0.25) is 5.91 Å². The number of thioether (sulfide) groups is 1. The van der Waals surface area contributed by atoms with E-state index in [9.17, 15) is 4.79 Å². The molecule has 0 N–H and O–H groups in total. The van der Waals surface area contributed by atoms with Crippen LogP contribution >= 0.6 is 23.4 Å². The number of halogens is 1. The Hall–Kier alpha value is -2.24. The van der Waals surface area contributed by atoms with Gasteiger partial charge in [0.05, 0.1) is 5.69 Å². The lowest BCUT2D eigenvalue weighted by molar-refractivity contribution is -0.125. The molecular formula is C19H18ClN3OS. The Morgan fingerprint density at radius 3 is 2.76 bits per heavy atom. The number of benzene rings is 1. The van der Waals surface area contributed by atoms with E-state index in [1.807, 2.05) is 47.2 Å². The maximum atomic E-state index is 12.4. The third-order valence-electron chi connectivity index (χ3n) is 3.86. The zero-order valence-corrected chi connectivity index (χ0v) is 15.6. The van der Waals surface area contributed by atoms with Crippen molar-refractivity contribution in [1.29, 1.82) is 0 Å². The van der Waals surface area contributed by atoms with E-state index < -0.39 is 0 Å². The van der Waals surface area contributed by atoms with E-state index in [1.165, 1.54) is 11.0 Å². The van der Waals surface area contributed by atoms with Crippen LogP contribution in [0.2, 0.25) is 5.15 Å². The number of carbonyl (C=O) groups excluding carboxylic acids is 1. The first-order valence-electron chi connectivity index (χ1n) is 7.77. The number of aromatic nitrogens is 2. The molecule has 6 heteroatoms. The number of imidazole rings is 1. The van der Waals surface area contributed by atoms with Crippen molar-refractivity contribution >= 4 is 41.0 Å². The highest BCUT2D eigenvalue weighted by molar-refractivity contribution is 7.98. The Balaban J connectivity index is 1.71. The third-order valence-corrected chi connectivity index (χ3v) is 4.88. The number of rotatable bonds is 5. The first-order valence-corrected chi connectivity index (χ1v) is 9.37. The van der Waals surface area contributed by atoms with Gasteiger partial charge < -0.3 is 4.90 Å². The molecule has 4 nitrogen and oxygen atoms in total. The largest absolute Gasteiger partial charge is 0.338 e. The molecule has 0 aliphatic heterocycles. The molecule has 2 aromatic heterocycles. The highest BCUT2D eigenvalue weighted by atomic mass is 35.5. The highest BCUT2D eigenvalue weighted by Crippen LogP contribution is 2.19. The fourth-order valence-electron chi connectivity index (χ4n) is 2.50. The maximum absolute atomic E-state index is 12.4. The number of carbonyl (C=O) groups is 1. The summed E-state index contributed by atoms with van der Waals surface area (Å²) in [5.41, 5.74) is 2.54. The van der Waals surface area contributed by atoms with Crippen LogP contribution in [0.5, 0.6) is 0 Å².